The van der Waals surface area contributed by atoms with E-state index in [1.165, 1.54) is 117 Å². The summed E-state index contributed by atoms with van der Waals surface area (Å²) < 4.78 is 64.3. The van der Waals surface area contributed by atoms with Crippen LogP contribution in [-0.4, -0.2) is 11.9 Å². The summed E-state index contributed by atoms with van der Waals surface area (Å²) in [7, 11) is 0. The van der Waals surface area contributed by atoms with Crippen LogP contribution in [0.1, 0.15) is 173 Å². The molecule has 0 saturated heterocycles. The van der Waals surface area contributed by atoms with E-state index in [0.717, 1.165) is 54.2 Å². The van der Waals surface area contributed by atoms with E-state index in [1.54, 1.807) is 36.4 Å². The molecule has 0 atom stereocenters. The molecule has 1 aliphatic carbocycles. The molecule has 0 aromatic heterocycles. The molecule has 0 bridgehead atoms. The van der Waals surface area contributed by atoms with Gasteiger partial charge in [-0.25, -0.2) is 27.2 Å². The lowest BCUT2D eigenvalue weighted by atomic mass is 9.77. The summed E-state index contributed by atoms with van der Waals surface area (Å²) in [6.45, 7) is 6.53. The van der Waals surface area contributed by atoms with Crippen LogP contribution in [0, 0.1) is 63.2 Å². The number of benzene rings is 7. The van der Waals surface area contributed by atoms with Gasteiger partial charge >= 0.3 is 11.9 Å². The van der Waals surface area contributed by atoms with Crippen LogP contribution in [0.5, 0.6) is 11.5 Å². The molecular weight excluding hydrogens is 999 g/mol. The Labute approximate surface area is 465 Å². The molecule has 11 heteroatoms. The van der Waals surface area contributed by atoms with E-state index in [-0.39, 0.29) is 31.9 Å². The van der Waals surface area contributed by atoms with Crippen LogP contribution in [0.15, 0.2) is 146 Å². The van der Waals surface area contributed by atoms with Gasteiger partial charge in [-0.2, -0.15) is 15.8 Å². The fourth-order valence-electron chi connectivity index (χ4n) is 9.25. The number of carbonyl (C=O) groups is 2. The molecule has 0 heterocycles. The van der Waals surface area contributed by atoms with Crippen LogP contribution in [0.3, 0.4) is 0 Å². The molecule has 7 aromatic carbocycles. The summed E-state index contributed by atoms with van der Waals surface area (Å²) in [5, 5.41) is 26.2. The van der Waals surface area contributed by atoms with E-state index in [4.69, 9.17) is 25.3 Å². The minimum absolute atomic E-state index is 0. The van der Waals surface area contributed by atoms with Crippen molar-refractivity contribution in [1.82, 2.24) is 0 Å². The second-order valence-electron chi connectivity index (χ2n) is 19.2. The number of aryl methyl sites for hydroxylation is 2. The highest BCUT2D eigenvalue weighted by atomic mass is 19.1. The van der Waals surface area contributed by atoms with Crippen molar-refractivity contribution in [3.05, 3.63) is 213 Å². The summed E-state index contributed by atoms with van der Waals surface area (Å²) in [4.78, 5) is 24.2. The Bertz CT molecular complexity index is 3120. The number of ether oxygens (including phenoxy) is 2. The monoisotopic (exact) mass is 1070 g/mol. The quantitative estimate of drug-likeness (QED) is 0.0385. The lowest BCUT2D eigenvalue weighted by Gasteiger charge is -2.29. The molecule has 1 saturated carbocycles. The molecule has 7 nitrogen and oxygen atoms in total. The molecule has 0 N–H and O–H groups in total. The fourth-order valence-corrected chi connectivity index (χ4v) is 9.25. The van der Waals surface area contributed by atoms with Crippen LogP contribution < -0.4 is 9.47 Å². The van der Waals surface area contributed by atoms with Gasteiger partial charge in [-0.1, -0.05) is 165 Å². The summed E-state index contributed by atoms with van der Waals surface area (Å²) in [6, 6.07) is 47.7. The Hall–Kier alpha value is -8.33. The third-order valence-corrected chi connectivity index (χ3v) is 13.7. The van der Waals surface area contributed by atoms with Gasteiger partial charge in [-0.15, -0.1) is 0 Å². The second kappa shape index (κ2) is 32.4. The Kier molecular flexibility index (Phi) is 25.9. The highest BCUT2D eigenvalue weighted by molar-refractivity contribution is 5.91. The van der Waals surface area contributed by atoms with E-state index < -0.39 is 46.3 Å². The van der Waals surface area contributed by atoms with Gasteiger partial charge in [-0.3, -0.25) is 0 Å². The van der Waals surface area contributed by atoms with Crippen LogP contribution in [-0.2, 0) is 12.8 Å². The number of esters is 2. The maximum atomic E-state index is 13.7. The van der Waals surface area contributed by atoms with Gasteiger partial charge in [0.05, 0.1) is 22.8 Å². The van der Waals surface area contributed by atoms with Crippen molar-refractivity contribution in [3.8, 4) is 52.0 Å². The molecule has 0 spiro atoms. The Morgan fingerprint density at radius 3 is 1.25 bits per heavy atom. The molecule has 0 amide bonds. The zero-order chi connectivity index (χ0) is 55.1. The van der Waals surface area contributed by atoms with Crippen molar-refractivity contribution >= 4 is 11.9 Å². The first-order chi connectivity index (χ1) is 37.4. The van der Waals surface area contributed by atoms with E-state index in [9.17, 15) is 27.2 Å². The fraction of sp³-hybridized carbons (Fsp3) is 0.309. The average molecular weight is 1070 g/mol. The molecule has 8 rings (SSSR count). The zero-order valence-electron chi connectivity index (χ0n) is 43.9. The van der Waals surface area contributed by atoms with Crippen LogP contribution in [0.2, 0.25) is 0 Å². The van der Waals surface area contributed by atoms with Crippen molar-refractivity contribution in [2.75, 3.05) is 0 Å². The first-order valence-electron chi connectivity index (χ1n) is 26.5. The lowest BCUT2D eigenvalue weighted by molar-refractivity contribution is 0.0724. The molecule has 7 aromatic rings. The normalized spacial score (nSPS) is 13.2. The van der Waals surface area contributed by atoms with Gasteiger partial charge in [-0.05, 0) is 132 Å². The maximum absolute atomic E-state index is 13.7. The first kappa shape index (κ1) is 63.2. The van der Waals surface area contributed by atoms with E-state index in [0.29, 0.717) is 17.0 Å². The molecule has 410 valence electrons. The summed E-state index contributed by atoms with van der Waals surface area (Å²) in [6.07, 6.45) is 17.0. The Balaban J connectivity index is 0.000000255. The molecule has 0 aliphatic heterocycles. The zero-order valence-corrected chi connectivity index (χ0v) is 43.9. The first-order valence-corrected chi connectivity index (χ1v) is 26.5. The number of nitriles is 3. The van der Waals surface area contributed by atoms with Crippen LogP contribution in [0.25, 0.3) is 22.3 Å². The second-order valence-corrected chi connectivity index (χ2v) is 19.2. The maximum Gasteiger partial charge on any atom is 0.343 e. The van der Waals surface area contributed by atoms with E-state index >= 15 is 0 Å². The number of nitrogens with zero attached hydrogens (tertiary/aromatic N) is 3. The lowest BCUT2D eigenvalue weighted by Crippen LogP contribution is -2.14. The Morgan fingerprint density at radius 2 is 0.848 bits per heavy atom. The SMILES string of the molecule is C.C.CCCCCC1CCC(c2ccc(C(=O)Oc3cc(F)c(C#N)c(F)c3)cc2)CC1.CCCCCc1ccc(-c2ccc(-c3ccc(C#N)cc3)cc2)cc1.CCCc1ccc(C(=O)Oc2cc(F)c(C#N)c(F)c2)cc1. The van der Waals surface area contributed by atoms with Crippen molar-refractivity contribution in [1.29, 1.82) is 15.8 Å². The van der Waals surface area contributed by atoms with E-state index in [1.807, 2.05) is 36.4 Å². The van der Waals surface area contributed by atoms with Crippen molar-refractivity contribution < 1.29 is 36.6 Å². The molecule has 0 unspecified atom stereocenters. The van der Waals surface area contributed by atoms with Crippen LogP contribution >= 0.6 is 0 Å². The predicted molar refractivity (Wildman–Crippen MR) is 307 cm³/mol. The molecular formula is C68H71F4N3O4. The summed E-state index contributed by atoms with van der Waals surface area (Å²) in [5.74, 6) is -4.84. The average Bonchev–Trinajstić information content (AvgIpc) is 3.47. The predicted octanol–water partition coefficient (Wildman–Crippen LogP) is 18.8. The van der Waals surface area contributed by atoms with E-state index in [2.05, 4.69) is 75.4 Å². The van der Waals surface area contributed by atoms with Crippen molar-refractivity contribution in [3.63, 3.8) is 0 Å². The number of carbonyl (C=O) groups excluding carboxylic acids is 2. The standard InChI is InChI=1S/C25H27F2NO2.C24H23N.C17H13F2NO2.2CH4/c1-2-3-4-5-17-6-8-18(9-7-17)19-10-12-20(13-11-19)25(29)30-21-14-23(26)22(16-28)24(27)15-21;1-2-3-4-5-19-6-10-21(11-7-19)23-14-16-24(17-15-23)22-12-8-20(18-25)9-13-22;1-2-3-11-4-6-12(7-5-11)17(21)22-13-8-15(18)14(10-20)16(19)9-13;;/h10-15,17-18H,2-9H2,1H3;6-17H,2-5H2,1H3;4-9H,2-3H2,1H3;2*1H4. The van der Waals surface area contributed by atoms with Gasteiger partial charge in [0.1, 0.15) is 58.0 Å². The molecule has 1 aliphatic rings. The van der Waals surface area contributed by atoms with Crippen molar-refractivity contribution in [2.45, 2.75) is 131 Å². The Morgan fingerprint density at radius 1 is 0.468 bits per heavy atom. The third-order valence-electron chi connectivity index (χ3n) is 13.7. The van der Waals surface area contributed by atoms with Crippen molar-refractivity contribution in [2.24, 2.45) is 5.92 Å². The molecule has 1 fully saturated rings. The van der Waals surface area contributed by atoms with Gasteiger partial charge < -0.3 is 9.47 Å². The van der Waals surface area contributed by atoms with Gasteiger partial charge in [0, 0.05) is 24.3 Å². The van der Waals surface area contributed by atoms with Crippen LogP contribution in [0.4, 0.5) is 17.6 Å². The highest BCUT2D eigenvalue weighted by Gasteiger charge is 2.23. The number of halogens is 4. The smallest absolute Gasteiger partial charge is 0.343 e. The number of unbranched alkanes of at least 4 members (excludes halogenated alkanes) is 4. The number of hydrogen-bond acceptors (Lipinski definition) is 7. The summed E-state index contributed by atoms with van der Waals surface area (Å²) in [5.41, 5.74) is 8.42. The topological polar surface area (TPSA) is 124 Å². The number of hydrogen-bond donors (Lipinski definition) is 0. The largest absolute Gasteiger partial charge is 0.423 e. The van der Waals surface area contributed by atoms with Gasteiger partial charge in [0.25, 0.3) is 0 Å². The molecule has 79 heavy (non-hydrogen) atoms. The molecule has 0 radical (unpaired) electrons. The number of rotatable bonds is 17. The highest BCUT2D eigenvalue weighted by Crippen LogP contribution is 2.38. The minimum Gasteiger partial charge on any atom is -0.423 e. The van der Waals surface area contributed by atoms with Gasteiger partial charge in [0.15, 0.2) is 0 Å². The minimum atomic E-state index is -1.07. The van der Waals surface area contributed by atoms with Gasteiger partial charge in [0.2, 0.25) is 0 Å². The third kappa shape index (κ3) is 18.7. The summed E-state index contributed by atoms with van der Waals surface area (Å²) >= 11 is 0.